The van der Waals surface area contributed by atoms with Crippen LogP contribution in [0, 0.1) is 0 Å². The van der Waals surface area contributed by atoms with Gasteiger partial charge >= 0.3 is 0 Å². The van der Waals surface area contributed by atoms with Crippen molar-refractivity contribution >= 4 is 29.5 Å². The van der Waals surface area contributed by atoms with Crippen LogP contribution in [-0.4, -0.2) is 29.6 Å². The summed E-state index contributed by atoms with van der Waals surface area (Å²) in [6.07, 6.45) is 26.0. The summed E-state index contributed by atoms with van der Waals surface area (Å²) in [5.74, 6) is 2.15. The number of hydrogen-bond acceptors (Lipinski definition) is 3. The Kier molecular flexibility index (Phi) is 16.8. The van der Waals surface area contributed by atoms with Crippen molar-refractivity contribution in [3.8, 4) is 0 Å². The van der Waals surface area contributed by atoms with Crippen molar-refractivity contribution in [2.45, 2.75) is 122 Å². The van der Waals surface area contributed by atoms with E-state index >= 15 is 0 Å². The summed E-state index contributed by atoms with van der Waals surface area (Å²) in [6, 6.07) is 0. The van der Waals surface area contributed by atoms with Gasteiger partial charge in [-0.25, -0.2) is 0 Å². The van der Waals surface area contributed by atoms with Crippen molar-refractivity contribution in [1.82, 2.24) is 4.90 Å². The number of unbranched alkanes of at least 4 members (excludes halogenated alkanes) is 17. The van der Waals surface area contributed by atoms with E-state index in [1.807, 2.05) is 0 Å². The minimum absolute atomic E-state index is 1.04. The fraction of sp³-hybridized carbons (Fsp3) is 1.00. The molecule has 0 aliphatic carbocycles. The summed E-state index contributed by atoms with van der Waals surface area (Å²) in [7, 11) is -1.08. The maximum Gasteiger partial charge on any atom is 0.0532 e. The third-order valence-electron chi connectivity index (χ3n) is 5.93. The predicted molar refractivity (Wildman–Crippen MR) is 132 cm³/mol. The van der Waals surface area contributed by atoms with Crippen molar-refractivity contribution in [3.63, 3.8) is 0 Å². The van der Waals surface area contributed by atoms with Gasteiger partial charge < -0.3 is 0 Å². The van der Waals surface area contributed by atoms with Gasteiger partial charge in [0.25, 0.3) is 0 Å². The average molecular weight is 434 g/mol. The zero-order valence-electron chi connectivity index (χ0n) is 18.2. The molecule has 0 atom stereocenters. The SMILES string of the molecule is CCCCCCCCCCCCCCCCCCCCN1CCS(=S)(=S)C1. The van der Waals surface area contributed by atoms with E-state index in [0.29, 0.717) is 0 Å². The minimum atomic E-state index is -1.08. The van der Waals surface area contributed by atoms with Gasteiger partial charge in [-0.05, 0) is 35.3 Å². The topological polar surface area (TPSA) is 3.24 Å². The first-order chi connectivity index (χ1) is 13.1. The van der Waals surface area contributed by atoms with Crippen LogP contribution in [-0.2, 0) is 29.5 Å². The molecule has 0 saturated carbocycles. The molecule has 0 radical (unpaired) electrons. The highest BCUT2D eigenvalue weighted by Crippen LogP contribution is 2.15. The smallest absolute Gasteiger partial charge is 0.0532 e. The molecule has 1 aliphatic heterocycles. The van der Waals surface area contributed by atoms with Crippen LogP contribution in [0.5, 0.6) is 0 Å². The Balaban J connectivity index is 1.69. The lowest BCUT2D eigenvalue weighted by Gasteiger charge is -2.13. The molecule has 1 nitrogen and oxygen atoms in total. The van der Waals surface area contributed by atoms with Crippen LogP contribution in [0.25, 0.3) is 0 Å². The molecule has 1 saturated heterocycles. The molecule has 162 valence electrons. The molecule has 0 unspecified atom stereocenters. The molecule has 0 aromatic carbocycles. The van der Waals surface area contributed by atoms with E-state index < -0.39 is 7.15 Å². The zero-order chi connectivity index (χ0) is 19.6. The van der Waals surface area contributed by atoms with Gasteiger partial charge in [0.2, 0.25) is 0 Å². The van der Waals surface area contributed by atoms with Crippen molar-refractivity contribution in [2.24, 2.45) is 0 Å². The molecule has 1 rings (SSSR count). The first-order valence-electron chi connectivity index (χ1n) is 12.1. The molecule has 0 amide bonds. The van der Waals surface area contributed by atoms with E-state index in [1.165, 1.54) is 129 Å². The fourth-order valence-corrected chi connectivity index (χ4v) is 6.91. The zero-order valence-corrected chi connectivity index (χ0v) is 20.7. The summed E-state index contributed by atoms with van der Waals surface area (Å²) in [5.41, 5.74) is 0. The average Bonchev–Trinajstić information content (AvgIpc) is 2.99. The fourth-order valence-electron chi connectivity index (χ4n) is 4.09. The molecule has 1 fully saturated rings. The third-order valence-corrected chi connectivity index (χ3v) is 9.12. The Morgan fingerprint density at radius 1 is 0.593 bits per heavy atom. The van der Waals surface area contributed by atoms with Gasteiger partial charge in [0, 0.05) is 12.3 Å². The summed E-state index contributed by atoms with van der Waals surface area (Å²) in [6.45, 7) is 4.70. The van der Waals surface area contributed by atoms with Crippen molar-refractivity contribution in [3.05, 3.63) is 0 Å². The highest BCUT2D eigenvalue weighted by Gasteiger charge is 2.18. The van der Waals surface area contributed by atoms with E-state index in [0.717, 1.165) is 11.6 Å². The van der Waals surface area contributed by atoms with Crippen LogP contribution in [0.4, 0.5) is 0 Å². The van der Waals surface area contributed by atoms with Gasteiger partial charge in [-0.1, -0.05) is 123 Å². The maximum absolute atomic E-state index is 5.47. The monoisotopic (exact) mass is 433 g/mol. The van der Waals surface area contributed by atoms with Gasteiger partial charge in [0.1, 0.15) is 0 Å². The van der Waals surface area contributed by atoms with Crippen LogP contribution in [0.2, 0.25) is 0 Å². The summed E-state index contributed by atoms with van der Waals surface area (Å²) < 4.78 is 0. The lowest BCUT2D eigenvalue weighted by molar-refractivity contribution is 0.343. The van der Waals surface area contributed by atoms with Crippen LogP contribution >= 0.6 is 0 Å². The van der Waals surface area contributed by atoms with Crippen molar-refractivity contribution in [2.75, 3.05) is 24.7 Å². The van der Waals surface area contributed by atoms with E-state index in [-0.39, 0.29) is 0 Å². The molecule has 0 N–H and O–H groups in total. The lowest BCUT2D eigenvalue weighted by Crippen LogP contribution is -2.21. The van der Waals surface area contributed by atoms with Crippen molar-refractivity contribution in [1.29, 1.82) is 0 Å². The second-order valence-corrected chi connectivity index (χ2v) is 15.3. The number of nitrogens with zero attached hydrogens (tertiary/aromatic N) is 1. The van der Waals surface area contributed by atoms with E-state index in [1.54, 1.807) is 0 Å². The quantitative estimate of drug-likeness (QED) is 0.196. The molecule has 0 aromatic heterocycles. The molecule has 4 heteroatoms. The Labute approximate surface area is 181 Å². The van der Waals surface area contributed by atoms with Crippen LogP contribution in [0.1, 0.15) is 122 Å². The largest absolute Gasteiger partial charge is 0.293 e. The Morgan fingerprint density at radius 2 is 0.963 bits per heavy atom. The molecule has 27 heavy (non-hydrogen) atoms. The summed E-state index contributed by atoms with van der Waals surface area (Å²) in [5, 5.41) is 0. The maximum atomic E-state index is 5.47. The van der Waals surface area contributed by atoms with Gasteiger partial charge in [-0.3, -0.25) is 4.90 Å². The van der Waals surface area contributed by atoms with Crippen molar-refractivity contribution < 1.29 is 0 Å². The molecule has 0 spiro atoms. The van der Waals surface area contributed by atoms with Gasteiger partial charge in [0.05, 0.1) is 5.88 Å². The molecule has 0 aromatic rings. The van der Waals surface area contributed by atoms with Crippen LogP contribution < -0.4 is 0 Å². The Bertz CT molecular complexity index is 419. The standard InChI is InChI=1S/C23H47NS3/c1-2-3-4-5-6-7-8-9-10-11-12-13-14-15-16-17-18-19-20-24-21-22-27(25,26)23-24/h2-23H2,1H3. The van der Waals surface area contributed by atoms with E-state index in [2.05, 4.69) is 11.8 Å². The molecular weight excluding hydrogens is 386 g/mol. The molecule has 0 bridgehead atoms. The van der Waals surface area contributed by atoms with E-state index in [4.69, 9.17) is 22.4 Å². The van der Waals surface area contributed by atoms with Crippen LogP contribution in [0.15, 0.2) is 0 Å². The summed E-state index contributed by atoms with van der Waals surface area (Å²) >= 11 is 10.9. The highest BCUT2D eigenvalue weighted by molar-refractivity contribution is 8.56. The highest BCUT2D eigenvalue weighted by atomic mass is 33.1. The van der Waals surface area contributed by atoms with Crippen LogP contribution in [0.3, 0.4) is 0 Å². The Morgan fingerprint density at radius 3 is 1.30 bits per heavy atom. The molecule has 1 aliphatic rings. The predicted octanol–water partition coefficient (Wildman–Crippen LogP) is 7.38. The van der Waals surface area contributed by atoms with E-state index in [9.17, 15) is 0 Å². The lowest BCUT2D eigenvalue weighted by atomic mass is 10.0. The summed E-state index contributed by atoms with van der Waals surface area (Å²) in [4.78, 5) is 2.52. The normalized spacial score (nSPS) is 16.9. The molecular formula is C23H47NS3. The Hall–Kier alpha value is 0.750. The second-order valence-electron chi connectivity index (χ2n) is 8.71. The first kappa shape index (κ1) is 25.8. The number of hydrogen-bond donors (Lipinski definition) is 0. The third kappa shape index (κ3) is 16.3. The first-order valence-corrected chi connectivity index (χ1v) is 15.9. The minimum Gasteiger partial charge on any atom is -0.293 e. The van der Waals surface area contributed by atoms with Gasteiger partial charge in [0.15, 0.2) is 0 Å². The van der Waals surface area contributed by atoms with Gasteiger partial charge in [-0.15, -0.1) is 0 Å². The number of rotatable bonds is 19. The molecule has 1 heterocycles. The second kappa shape index (κ2) is 17.6. The van der Waals surface area contributed by atoms with Gasteiger partial charge in [-0.2, -0.15) is 0 Å².